The van der Waals surface area contributed by atoms with Crippen LogP contribution in [0.3, 0.4) is 0 Å². The molecule has 0 radical (unpaired) electrons. The van der Waals surface area contributed by atoms with Crippen molar-refractivity contribution in [1.82, 2.24) is 15.5 Å². The first-order valence-corrected chi connectivity index (χ1v) is 7.35. The van der Waals surface area contributed by atoms with Gasteiger partial charge in [0.1, 0.15) is 11.6 Å². The molecule has 0 fully saturated rings. The molecule has 0 aliphatic rings. The van der Waals surface area contributed by atoms with E-state index in [0.29, 0.717) is 18.2 Å². The normalized spacial score (nSPS) is 10.3. The van der Waals surface area contributed by atoms with Crippen LogP contribution in [0.2, 0.25) is 0 Å². The summed E-state index contributed by atoms with van der Waals surface area (Å²) in [5, 5.41) is 16.5. The van der Waals surface area contributed by atoms with Gasteiger partial charge >= 0.3 is 6.03 Å². The molecule has 7 heteroatoms. The Labute approximate surface area is 135 Å². The van der Waals surface area contributed by atoms with E-state index >= 15 is 0 Å². The highest BCUT2D eigenvalue weighted by molar-refractivity contribution is 5.88. The molecule has 0 aliphatic carbocycles. The Morgan fingerprint density at radius 3 is 2.30 bits per heavy atom. The maximum Gasteiger partial charge on any atom is 0.320 e. The van der Waals surface area contributed by atoms with E-state index in [4.69, 9.17) is 4.74 Å². The molecule has 0 aliphatic heterocycles. The highest BCUT2D eigenvalue weighted by Gasteiger charge is 2.05. The van der Waals surface area contributed by atoms with Gasteiger partial charge in [-0.3, -0.25) is 5.32 Å². The molecule has 0 saturated carbocycles. The van der Waals surface area contributed by atoms with Gasteiger partial charge in [0.05, 0.1) is 7.11 Å². The summed E-state index contributed by atoms with van der Waals surface area (Å²) in [6.07, 6.45) is 0. The molecule has 2 rings (SSSR count). The second-order valence-corrected chi connectivity index (χ2v) is 5.26. The van der Waals surface area contributed by atoms with Gasteiger partial charge in [-0.05, 0) is 43.7 Å². The number of aromatic nitrogens is 2. The zero-order valence-corrected chi connectivity index (χ0v) is 13.5. The van der Waals surface area contributed by atoms with E-state index in [0.717, 1.165) is 11.3 Å². The van der Waals surface area contributed by atoms with Crippen molar-refractivity contribution in [3.63, 3.8) is 0 Å². The summed E-state index contributed by atoms with van der Waals surface area (Å²) >= 11 is 0. The zero-order chi connectivity index (χ0) is 16.7. The molecular weight excluding hydrogens is 294 g/mol. The van der Waals surface area contributed by atoms with Gasteiger partial charge < -0.3 is 15.4 Å². The van der Waals surface area contributed by atoms with Crippen LogP contribution in [0.1, 0.15) is 19.4 Å². The summed E-state index contributed by atoms with van der Waals surface area (Å²) in [6, 6.07) is 11.0. The lowest BCUT2D eigenvalue weighted by Crippen LogP contribution is -2.34. The van der Waals surface area contributed by atoms with Crippen molar-refractivity contribution in [1.29, 1.82) is 0 Å². The number of benzene rings is 1. The third-order valence-electron chi connectivity index (χ3n) is 2.96. The van der Waals surface area contributed by atoms with E-state index in [9.17, 15) is 4.79 Å². The van der Waals surface area contributed by atoms with Crippen LogP contribution in [0, 0.1) is 0 Å². The number of hydrogen-bond acceptors (Lipinski definition) is 5. The van der Waals surface area contributed by atoms with Crippen molar-refractivity contribution in [2.24, 2.45) is 0 Å². The van der Waals surface area contributed by atoms with Gasteiger partial charge in [-0.1, -0.05) is 12.1 Å². The monoisotopic (exact) mass is 315 g/mol. The molecule has 122 valence electrons. The number of amides is 2. The molecule has 2 amide bonds. The third-order valence-corrected chi connectivity index (χ3v) is 2.96. The van der Waals surface area contributed by atoms with Crippen molar-refractivity contribution in [2.75, 3.05) is 17.7 Å². The summed E-state index contributed by atoms with van der Waals surface area (Å²) < 4.78 is 5.12. The molecule has 7 nitrogen and oxygen atoms in total. The Hall–Kier alpha value is -2.83. The lowest BCUT2D eigenvalue weighted by atomic mass is 10.2. The number of methoxy groups -OCH3 is 1. The van der Waals surface area contributed by atoms with Crippen LogP contribution in [-0.4, -0.2) is 29.4 Å². The average molecular weight is 315 g/mol. The molecule has 1 aromatic heterocycles. The lowest BCUT2D eigenvalue weighted by molar-refractivity contribution is 0.250. The number of nitrogens with zero attached hydrogens (tertiary/aromatic N) is 2. The smallest absolute Gasteiger partial charge is 0.320 e. The Balaban J connectivity index is 1.85. The Morgan fingerprint density at radius 2 is 1.74 bits per heavy atom. The van der Waals surface area contributed by atoms with E-state index in [1.165, 1.54) is 0 Å². The first-order chi connectivity index (χ1) is 11.1. The Bertz CT molecular complexity index is 626. The number of hydrogen-bond donors (Lipinski definition) is 3. The number of carbonyl (C=O) groups excluding carboxylic acids is 1. The zero-order valence-electron chi connectivity index (χ0n) is 13.5. The van der Waals surface area contributed by atoms with Crippen LogP contribution in [0.15, 0.2) is 36.4 Å². The molecule has 3 N–H and O–H groups in total. The Kier molecular flexibility index (Phi) is 5.74. The predicted molar refractivity (Wildman–Crippen MR) is 89.6 cm³/mol. The fourth-order valence-electron chi connectivity index (χ4n) is 1.84. The number of nitrogens with one attached hydrogen (secondary N) is 3. The predicted octanol–water partition coefficient (Wildman–Crippen LogP) is 2.63. The highest BCUT2D eigenvalue weighted by atomic mass is 16.5. The van der Waals surface area contributed by atoms with Crippen LogP contribution >= 0.6 is 0 Å². The minimum Gasteiger partial charge on any atom is -0.497 e. The van der Waals surface area contributed by atoms with Crippen LogP contribution in [0.4, 0.5) is 16.4 Å². The van der Waals surface area contributed by atoms with Gasteiger partial charge in [0.2, 0.25) is 0 Å². The van der Waals surface area contributed by atoms with Gasteiger partial charge in [-0.15, -0.1) is 10.2 Å². The van der Waals surface area contributed by atoms with E-state index in [1.54, 1.807) is 19.2 Å². The molecule has 0 saturated heterocycles. The molecule has 0 spiro atoms. The number of anilines is 2. The molecule has 1 heterocycles. The molecular formula is C16H21N5O2. The third kappa shape index (κ3) is 5.46. The average Bonchev–Trinajstić information content (AvgIpc) is 2.54. The van der Waals surface area contributed by atoms with Gasteiger partial charge in [-0.25, -0.2) is 4.79 Å². The minimum atomic E-state index is -0.298. The second kappa shape index (κ2) is 7.98. The van der Waals surface area contributed by atoms with E-state index in [-0.39, 0.29) is 12.1 Å². The maximum atomic E-state index is 11.6. The van der Waals surface area contributed by atoms with Crippen molar-refractivity contribution >= 4 is 17.7 Å². The Morgan fingerprint density at radius 1 is 1.09 bits per heavy atom. The van der Waals surface area contributed by atoms with Gasteiger partial charge in [0.15, 0.2) is 5.82 Å². The van der Waals surface area contributed by atoms with Crippen LogP contribution in [0.25, 0.3) is 0 Å². The first-order valence-electron chi connectivity index (χ1n) is 7.35. The van der Waals surface area contributed by atoms with Crippen LogP contribution in [0.5, 0.6) is 5.75 Å². The molecule has 2 aromatic rings. The second-order valence-electron chi connectivity index (χ2n) is 5.26. The van der Waals surface area contributed by atoms with E-state index in [1.807, 2.05) is 38.1 Å². The fourth-order valence-corrected chi connectivity index (χ4v) is 1.84. The van der Waals surface area contributed by atoms with Crippen molar-refractivity contribution < 1.29 is 9.53 Å². The minimum absolute atomic E-state index is 0.0633. The van der Waals surface area contributed by atoms with Gasteiger partial charge in [0, 0.05) is 12.6 Å². The molecule has 1 aromatic carbocycles. The molecule has 0 unspecified atom stereocenters. The number of ether oxygens (including phenoxy) is 1. The van der Waals surface area contributed by atoms with Crippen molar-refractivity contribution in [2.45, 2.75) is 26.4 Å². The van der Waals surface area contributed by atoms with E-state index < -0.39 is 0 Å². The summed E-state index contributed by atoms with van der Waals surface area (Å²) in [5.41, 5.74) is 1.10. The summed E-state index contributed by atoms with van der Waals surface area (Å²) in [5.74, 6) is 1.86. The van der Waals surface area contributed by atoms with Crippen LogP contribution < -0.4 is 20.7 Å². The maximum absolute atomic E-state index is 11.6. The fraction of sp³-hybridized carbons (Fsp3) is 0.312. The first kappa shape index (κ1) is 16.5. The topological polar surface area (TPSA) is 88.2 Å². The summed E-state index contributed by atoms with van der Waals surface area (Å²) in [7, 11) is 1.64. The molecule has 0 bridgehead atoms. The summed E-state index contributed by atoms with van der Waals surface area (Å²) in [4.78, 5) is 11.6. The number of carbonyl (C=O) groups is 1. The van der Waals surface area contributed by atoms with Crippen molar-refractivity contribution in [3.05, 3.63) is 42.0 Å². The van der Waals surface area contributed by atoms with Crippen molar-refractivity contribution in [3.8, 4) is 5.75 Å². The number of urea groups is 1. The van der Waals surface area contributed by atoms with Gasteiger partial charge in [0.25, 0.3) is 0 Å². The highest BCUT2D eigenvalue weighted by Crippen LogP contribution is 2.13. The molecule has 23 heavy (non-hydrogen) atoms. The SMILES string of the molecule is COc1ccc(CNc2ccc(NC(=O)NC(C)C)nn2)cc1. The standard InChI is InChI=1S/C16H21N5O2/c1-11(2)18-16(22)19-15-9-8-14(20-21-15)17-10-12-4-6-13(23-3)7-5-12/h4-9,11H,10H2,1-3H3,(H,17,20)(H2,18,19,21,22). The quantitative estimate of drug-likeness (QED) is 0.762. The lowest BCUT2D eigenvalue weighted by Gasteiger charge is -2.10. The summed E-state index contributed by atoms with van der Waals surface area (Å²) in [6.45, 7) is 4.40. The van der Waals surface area contributed by atoms with E-state index in [2.05, 4.69) is 26.1 Å². The largest absolute Gasteiger partial charge is 0.497 e. The number of rotatable bonds is 6. The van der Waals surface area contributed by atoms with Crippen LogP contribution in [-0.2, 0) is 6.54 Å². The van der Waals surface area contributed by atoms with Gasteiger partial charge in [-0.2, -0.15) is 0 Å². The molecule has 0 atom stereocenters.